The zero-order chi connectivity index (χ0) is 6.69. The minimum Gasteiger partial charge on any atom is -0.495 e. The molecule has 0 aromatic rings. The maximum absolute atomic E-state index is 8.82. The van der Waals surface area contributed by atoms with Crippen LogP contribution in [-0.4, -0.2) is 16.6 Å². The van der Waals surface area contributed by atoms with Crippen molar-refractivity contribution < 1.29 is 5.11 Å². The van der Waals surface area contributed by atoms with Crippen molar-refractivity contribution in [2.24, 2.45) is 0 Å². The first-order valence-electron chi connectivity index (χ1n) is 2.78. The SMILES string of the molecule is C=C(O)N1C=CC=CC1. The number of rotatable bonds is 1. The summed E-state index contributed by atoms with van der Waals surface area (Å²) >= 11 is 0. The van der Waals surface area contributed by atoms with Crippen LogP contribution in [-0.2, 0) is 0 Å². The third-order valence-electron chi connectivity index (χ3n) is 1.15. The lowest BCUT2D eigenvalue weighted by Gasteiger charge is -2.17. The topological polar surface area (TPSA) is 23.5 Å². The molecule has 0 atom stereocenters. The number of aliphatic hydroxyl groups excluding tert-OH is 1. The van der Waals surface area contributed by atoms with Crippen molar-refractivity contribution in [2.75, 3.05) is 6.54 Å². The molecule has 9 heavy (non-hydrogen) atoms. The van der Waals surface area contributed by atoms with Gasteiger partial charge in [0.2, 0.25) is 0 Å². The maximum atomic E-state index is 8.82. The predicted molar refractivity (Wildman–Crippen MR) is 36.8 cm³/mol. The summed E-state index contributed by atoms with van der Waals surface area (Å²) in [6, 6.07) is 0. The van der Waals surface area contributed by atoms with Gasteiger partial charge in [0.25, 0.3) is 0 Å². The van der Waals surface area contributed by atoms with E-state index in [0.717, 1.165) is 0 Å². The zero-order valence-electron chi connectivity index (χ0n) is 5.12. The minimum atomic E-state index is 0.0931. The van der Waals surface area contributed by atoms with Gasteiger partial charge in [0, 0.05) is 12.7 Å². The van der Waals surface area contributed by atoms with Crippen LogP contribution in [0, 0.1) is 0 Å². The van der Waals surface area contributed by atoms with E-state index in [1.165, 1.54) is 0 Å². The van der Waals surface area contributed by atoms with Gasteiger partial charge in [0.1, 0.15) is 0 Å². The van der Waals surface area contributed by atoms with Crippen LogP contribution in [0.2, 0.25) is 0 Å². The van der Waals surface area contributed by atoms with Gasteiger partial charge in [-0.2, -0.15) is 0 Å². The molecule has 48 valence electrons. The van der Waals surface area contributed by atoms with Gasteiger partial charge >= 0.3 is 0 Å². The van der Waals surface area contributed by atoms with Gasteiger partial charge in [-0.15, -0.1) is 0 Å². The fourth-order valence-corrected chi connectivity index (χ4v) is 0.659. The Morgan fingerprint density at radius 3 is 2.67 bits per heavy atom. The van der Waals surface area contributed by atoms with Crippen molar-refractivity contribution in [1.82, 2.24) is 4.90 Å². The molecule has 2 heteroatoms. The summed E-state index contributed by atoms with van der Waals surface area (Å²) in [6.07, 6.45) is 7.51. The van der Waals surface area contributed by atoms with E-state index in [2.05, 4.69) is 6.58 Å². The second kappa shape index (κ2) is 2.40. The number of nitrogens with zero attached hydrogens (tertiary/aromatic N) is 1. The molecule has 1 aliphatic heterocycles. The standard InChI is InChI=1S/C7H9NO/c1-7(9)8-5-3-2-4-6-8/h2-5,9H,1,6H2. The first-order chi connectivity index (χ1) is 4.30. The smallest absolute Gasteiger partial charge is 0.183 e. The highest BCUT2D eigenvalue weighted by molar-refractivity contribution is 5.11. The van der Waals surface area contributed by atoms with Gasteiger partial charge in [-0.1, -0.05) is 12.2 Å². The first-order valence-corrected chi connectivity index (χ1v) is 2.78. The van der Waals surface area contributed by atoms with Crippen molar-refractivity contribution in [3.05, 3.63) is 36.9 Å². The molecule has 0 saturated carbocycles. The van der Waals surface area contributed by atoms with E-state index >= 15 is 0 Å². The van der Waals surface area contributed by atoms with Crippen LogP contribution in [0.15, 0.2) is 36.9 Å². The summed E-state index contributed by atoms with van der Waals surface area (Å²) in [5.41, 5.74) is 0. The van der Waals surface area contributed by atoms with E-state index in [1.54, 1.807) is 11.1 Å². The molecule has 1 heterocycles. The molecule has 0 fully saturated rings. The van der Waals surface area contributed by atoms with Gasteiger partial charge in [-0.05, 0) is 12.7 Å². The Kier molecular flexibility index (Phi) is 1.58. The monoisotopic (exact) mass is 123 g/mol. The van der Waals surface area contributed by atoms with E-state index in [1.807, 2.05) is 18.2 Å². The van der Waals surface area contributed by atoms with Gasteiger partial charge in [0.05, 0.1) is 0 Å². The highest BCUT2D eigenvalue weighted by atomic mass is 16.3. The molecule has 0 unspecified atom stereocenters. The highest BCUT2D eigenvalue weighted by Gasteiger charge is 1.99. The van der Waals surface area contributed by atoms with Gasteiger partial charge in [-0.25, -0.2) is 0 Å². The Morgan fingerprint density at radius 2 is 2.33 bits per heavy atom. The lowest BCUT2D eigenvalue weighted by atomic mass is 10.4. The summed E-state index contributed by atoms with van der Waals surface area (Å²) in [5.74, 6) is 0.0931. The van der Waals surface area contributed by atoms with Crippen molar-refractivity contribution >= 4 is 0 Å². The number of allylic oxidation sites excluding steroid dienone is 2. The molecule has 0 bridgehead atoms. The van der Waals surface area contributed by atoms with Crippen molar-refractivity contribution in [3.63, 3.8) is 0 Å². The van der Waals surface area contributed by atoms with E-state index in [9.17, 15) is 0 Å². The lowest BCUT2D eigenvalue weighted by Crippen LogP contribution is -2.16. The summed E-state index contributed by atoms with van der Waals surface area (Å²) < 4.78 is 0. The lowest BCUT2D eigenvalue weighted by molar-refractivity contribution is 0.270. The molecule has 0 amide bonds. The Bertz CT molecular complexity index is 170. The third-order valence-corrected chi connectivity index (χ3v) is 1.15. The Hall–Kier alpha value is -1.18. The quantitative estimate of drug-likeness (QED) is 0.533. The Balaban J connectivity index is 2.56. The summed E-state index contributed by atoms with van der Waals surface area (Å²) in [4.78, 5) is 1.65. The second-order valence-corrected chi connectivity index (χ2v) is 1.84. The molecule has 0 aromatic heterocycles. The van der Waals surface area contributed by atoms with Crippen LogP contribution in [0.25, 0.3) is 0 Å². The number of hydrogen-bond acceptors (Lipinski definition) is 2. The molecule has 1 aliphatic rings. The van der Waals surface area contributed by atoms with Crippen LogP contribution < -0.4 is 0 Å². The van der Waals surface area contributed by atoms with Gasteiger partial charge < -0.3 is 10.0 Å². The van der Waals surface area contributed by atoms with Gasteiger partial charge in [0.15, 0.2) is 5.88 Å². The van der Waals surface area contributed by atoms with E-state index in [4.69, 9.17) is 5.11 Å². The van der Waals surface area contributed by atoms with Crippen LogP contribution in [0.1, 0.15) is 0 Å². The average Bonchev–Trinajstić information content (AvgIpc) is 1.90. The Labute approximate surface area is 54.4 Å². The van der Waals surface area contributed by atoms with E-state index < -0.39 is 0 Å². The zero-order valence-corrected chi connectivity index (χ0v) is 5.12. The molecular formula is C7H9NO. The minimum absolute atomic E-state index is 0.0931. The molecular weight excluding hydrogens is 114 g/mol. The van der Waals surface area contributed by atoms with Crippen LogP contribution in [0.3, 0.4) is 0 Å². The molecule has 0 aliphatic carbocycles. The highest BCUT2D eigenvalue weighted by Crippen LogP contribution is 2.02. The van der Waals surface area contributed by atoms with Crippen LogP contribution >= 0.6 is 0 Å². The largest absolute Gasteiger partial charge is 0.495 e. The molecule has 1 N–H and O–H groups in total. The third kappa shape index (κ3) is 1.35. The van der Waals surface area contributed by atoms with Gasteiger partial charge in [-0.3, -0.25) is 0 Å². The number of hydrogen-bond donors (Lipinski definition) is 1. The van der Waals surface area contributed by atoms with Crippen molar-refractivity contribution in [2.45, 2.75) is 0 Å². The average molecular weight is 123 g/mol. The molecule has 2 nitrogen and oxygen atoms in total. The van der Waals surface area contributed by atoms with Crippen LogP contribution in [0.5, 0.6) is 0 Å². The van der Waals surface area contributed by atoms with E-state index in [-0.39, 0.29) is 5.88 Å². The fraction of sp³-hybridized carbons (Fsp3) is 0.143. The summed E-state index contributed by atoms with van der Waals surface area (Å²) in [5, 5.41) is 8.82. The van der Waals surface area contributed by atoms with E-state index in [0.29, 0.717) is 6.54 Å². The first kappa shape index (κ1) is 5.95. The molecule has 0 radical (unpaired) electrons. The fourth-order valence-electron chi connectivity index (χ4n) is 0.659. The summed E-state index contributed by atoms with van der Waals surface area (Å²) in [7, 11) is 0. The second-order valence-electron chi connectivity index (χ2n) is 1.84. The molecule has 0 spiro atoms. The van der Waals surface area contributed by atoms with Crippen LogP contribution in [0.4, 0.5) is 0 Å². The molecule has 0 aromatic carbocycles. The van der Waals surface area contributed by atoms with Crippen molar-refractivity contribution in [1.29, 1.82) is 0 Å². The predicted octanol–water partition coefficient (Wildman–Crippen LogP) is 1.40. The normalized spacial score (nSPS) is 16.2. The molecule has 0 saturated heterocycles. The number of aliphatic hydroxyl groups is 1. The van der Waals surface area contributed by atoms with Crippen molar-refractivity contribution in [3.8, 4) is 0 Å². The molecule has 1 rings (SSSR count). The maximum Gasteiger partial charge on any atom is 0.183 e. The summed E-state index contributed by atoms with van der Waals surface area (Å²) in [6.45, 7) is 4.09. The Morgan fingerprint density at radius 1 is 1.56 bits per heavy atom.